The van der Waals surface area contributed by atoms with Gasteiger partial charge in [0.15, 0.2) is 5.82 Å². The Hall–Kier alpha value is -7.20. The summed E-state index contributed by atoms with van der Waals surface area (Å²) in [4.78, 5) is 11.1. The lowest BCUT2D eigenvalue weighted by molar-refractivity contribution is 1.20. The molecule has 9 aromatic carbocycles. The molecule has 11 rings (SSSR count). The van der Waals surface area contributed by atoms with Crippen LogP contribution in [0.5, 0.6) is 0 Å². The summed E-state index contributed by atoms with van der Waals surface area (Å²) in [5.74, 6) is 0.749. The van der Waals surface area contributed by atoms with Crippen molar-refractivity contribution < 1.29 is 0 Å². The average molecular weight is 769 g/mol. The lowest BCUT2D eigenvalue weighted by Crippen LogP contribution is -2.50. The predicted octanol–water partition coefficient (Wildman–Crippen LogP) is 13.6. The number of hydrogen-bond donors (Lipinski definition) is 0. The second-order valence-corrected chi connectivity index (χ2v) is 20.5. The van der Waals surface area contributed by atoms with Crippen LogP contribution in [0, 0.1) is 0 Å². The molecule has 0 saturated heterocycles. The Labute approximate surface area is 346 Å². The van der Waals surface area contributed by atoms with Crippen LogP contribution < -0.4 is 10.4 Å². The molecule has 0 bridgehead atoms. The van der Waals surface area contributed by atoms with Gasteiger partial charge in [-0.15, -0.1) is 0 Å². The molecular formula is C56H40N2Si. The van der Waals surface area contributed by atoms with Crippen molar-refractivity contribution in [3.8, 4) is 78.4 Å². The Bertz CT molecular complexity index is 3180. The van der Waals surface area contributed by atoms with E-state index in [2.05, 4.69) is 219 Å². The van der Waals surface area contributed by atoms with Crippen LogP contribution in [0.4, 0.5) is 0 Å². The minimum Gasteiger partial charge on any atom is -0.228 e. The fourth-order valence-corrected chi connectivity index (χ4v) is 12.4. The minimum atomic E-state index is -2.22. The first-order valence-corrected chi connectivity index (χ1v) is 23.4. The molecule has 0 fully saturated rings. The zero-order valence-corrected chi connectivity index (χ0v) is 34.0. The molecule has 0 radical (unpaired) electrons. The molecule has 0 unspecified atom stereocenters. The van der Waals surface area contributed by atoms with E-state index < -0.39 is 8.07 Å². The van der Waals surface area contributed by atoms with Gasteiger partial charge in [-0.1, -0.05) is 183 Å². The van der Waals surface area contributed by atoms with Gasteiger partial charge in [0.25, 0.3) is 0 Å². The largest absolute Gasteiger partial charge is 0.228 e. The van der Waals surface area contributed by atoms with Crippen molar-refractivity contribution in [3.63, 3.8) is 0 Å². The van der Waals surface area contributed by atoms with E-state index in [9.17, 15) is 0 Å². The van der Waals surface area contributed by atoms with E-state index in [4.69, 9.17) is 9.97 Å². The fourth-order valence-electron chi connectivity index (χ4n) is 9.20. The second kappa shape index (κ2) is 14.0. The lowest BCUT2D eigenvalue weighted by atomic mass is 9.92. The van der Waals surface area contributed by atoms with Crippen LogP contribution in [0.3, 0.4) is 0 Å². The van der Waals surface area contributed by atoms with Gasteiger partial charge in [-0.25, -0.2) is 9.97 Å². The molecule has 59 heavy (non-hydrogen) atoms. The smallest absolute Gasteiger partial charge is 0.160 e. The standard InChI is InChI=1S/C56H40N2Si/c1-59(2)52-36-44-22-10-9-21-43(44)35-51(52)54-55(59)53(50-29-15-23-39-20-11-12-28-49(39)50)57-56(58-54)45-27-14-25-41(31-45)40-24-13-26-42(30-40)48-33-46(37-16-5-3-6-17-37)32-47(34-48)38-18-7-4-8-19-38/h3-36H,1-2H3. The highest BCUT2D eigenvalue weighted by atomic mass is 28.3. The Kier molecular flexibility index (Phi) is 8.31. The van der Waals surface area contributed by atoms with Crippen molar-refractivity contribution in [2.75, 3.05) is 0 Å². The maximum absolute atomic E-state index is 5.58. The van der Waals surface area contributed by atoms with Gasteiger partial charge in [-0.05, 0) is 113 Å². The monoisotopic (exact) mass is 768 g/mol. The third-order valence-corrected chi connectivity index (χ3v) is 15.7. The first kappa shape index (κ1) is 35.0. The molecule has 0 atom stereocenters. The highest BCUT2D eigenvalue weighted by Crippen LogP contribution is 2.39. The third kappa shape index (κ3) is 6.10. The molecule has 10 aromatic rings. The summed E-state index contributed by atoms with van der Waals surface area (Å²) >= 11 is 0. The van der Waals surface area contributed by atoms with E-state index in [-0.39, 0.29) is 0 Å². The van der Waals surface area contributed by atoms with Crippen molar-refractivity contribution in [2.45, 2.75) is 13.1 Å². The van der Waals surface area contributed by atoms with Crippen LogP contribution in [0.2, 0.25) is 13.1 Å². The van der Waals surface area contributed by atoms with E-state index in [1.165, 1.54) is 70.9 Å². The van der Waals surface area contributed by atoms with Crippen molar-refractivity contribution >= 4 is 40.0 Å². The van der Waals surface area contributed by atoms with Gasteiger partial charge in [-0.2, -0.15) is 0 Å². The van der Waals surface area contributed by atoms with Crippen LogP contribution in [0.15, 0.2) is 206 Å². The molecule has 0 N–H and O–H groups in total. The zero-order chi connectivity index (χ0) is 39.5. The van der Waals surface area contributed by atoms with Crippen molar-refractivity contribution in [2.24, 2.45) is 0 Å². The highest BCUT2D eigenvalue weighted by Gasteiger charge is 2.42. The molecule has 1 aliphatic rings. The van der Waals surface area contributed by atoms with Crippen LogP contribution in [-0.4, -0.2) is 18.0 Å². The number of benzene rings is 9. The number of hydrogen-bond acceptors (Lipinski definition) is 2. The Balaban J connectivity index is 1.06. The molecule has 3 heteroatoms. The molecule has 0 amide bonds. The Morgan fingerprint density at radius 3 is 1.39 bits per heavy atom. The lowest BCUT2D eigenvalue weighted by Gasteiger charge is -2.22. The minimum absolute atomic E-state index is 0.749. The summed E-state index contributed by atoms with van der Waals surface area (Å²) in [6.45, 7) is 4.94. The highest BCUT2D eigenvalue weighted by molar-refractivity contribution is 7.04. The summed E-state index contributed by atoms with van der Waals surface area (Å²) in [6.07, 6.45) is 0. The first-order chi connectivity index (χ1) is 29.0. The number of fused-ring (bicyclic) bond motifs is 5. The van der Waals surface area contributed by atoms with E-state index in [0.717, 1.165) is 39.5 Å². The zero-order valence-electron chi connectivity index (χ0n) is 33.0. The summed E-state index contributed by atoms with van der Waals surface area (Å²) in [6, 6.07) is 74.8. The van der Waals surface area contributed by atoms with Crippen LogP contribution in [0.25, 0.3) is 100.0 Å². The van der Waals surface area contributed by atoms with Crippen molar-refractivity contribution in [3.05, 3.63) is 206 Å². The van der Waals surface area contributed by atoms with E-state index in [1.807, 2.05) is 0 Å². The summed E-state index contributed by atoms with van der Waals surface area (Å²) in [5.41, 5.74) is 15.0. The van der Waals surface area contributed by atoms with E-state index >= 15 is 0 Å². The molecule has 1 aromatic heterocycles. The van der Waals surface area contributed by atoms with Crippen molar-refractivity contribution in [1.82, 2.24) is 9.97 Å². The first-order valence-electron chi connectivity index (χ1n) is 20.4. The Morgan fingerprint density at radius 2 is 0.746 bits per heavy atom. The molecule has 278 valence electrons. The van der Waals surface area contributed by atoms with Crippen LogP contribution in [-0.2, 0) is 0 Å². The molecular weight excluding hydrogens is 729 g/mol. The molecule has 0 aliphatic carbocycles. The molecule has 0 spiro atoms. The molecule has 1 aliphatic heterocycles. The van der Waals surface area contributed by atoms with Crippen molar-refractivity contribution in [1.29, 1.82) is 0 Å². The van der Waals surface area contributed by atoms with Gasteiger partial charge < -0.3 is 0 Å². The van der Waals surface area contributed by atoms with E-state index in [0.29, 0.717) is 0 Å². The maximum atomic E-state index is 5.58. The summed E-state index contributed by atoms with van der Waals surface area (Å²) in [7, 11) is -2.22. The van der Waals surface area contributed by atoms with Gasteiger partial charge in [-0.3, -0.25) is 0 Å². The molecule has 2 nitrogen and oxygen atoms in total. The number of aromatic nitrogens is 2. The average Bonchev–Trinajstić information content (AvgIpc) is 3.52. The quantitative estimate of drug-likeness (QED) is 0.157. The maximum Gasteiger partial charge on any atom is 0.160 e. The van der Waals surface area contributed by atoms with Gasteiger partial charge in [0.2, 0.25) is 0 Å². The van der Waals surface area contributed by atoms with E-state index in [1.54, 1.807) is 0 Å². The normalized spacial score (nSPS) is 12.7. The summed E-state index contributed by atoms with van der Waals surface area (Å²) in [5, 5.41) is 7.69. The summed E-state index contributed by atoms with van der Waals surface area (Å²) < 4.78 is 0. The number of nitrogens with zero attached hydrogens (tertiary/aromatic N) is 2. The third-order valence-electron chi connectivity index (χ3n) is 12.2. The molecule has 2 heterocycles. The van der Waals surface area contributed by atoms with Gasteiger partial charge in [0.05, 0.1) is 11.4 Å². The van der Waals surface area contributed by atoms with Gasteiger partial charge in [0.1, 0.15) is 8.07 Å². The number of rotatable bonds is 6. The fraction of sp³-hybridized carbons (Fsp3) is 0.0357. The topological polar surface area (TPSA) is 25.8 Å². The SMILES string of the molecule is C[Si]1(C)c2cc3ccccc3cc2-c2nc(-c3cccc(-c4cccc(-c5cc(-c6ccccc6)cc(-c6ccccc6)c5)c4)c3)nc(-c3cccc4ccccc34)c21. The second-order valence-electron chi connectivity index (χ2n) is 16.2. The molecule has 0 saturated carbocycles. The Morgan fingerprint density at radius 1 is 0.322 bits per heavy atom. The van der Waals surface area contributed by atoms with Crippen LogP contribution in [0.1, 0.15) is 0 Å². The predicted molar refractivity (Wildman–Crippen MR) is 252 cm³/mol. The van der Waals surface area contributed by atoms with Gasteiger partial charge in [0, 0.05) is 16.7 Å². The van der Waals surface area contributed by atoms with Crippen LogP contribution >= 0.6 is 0 Å². The van der Waals surface area contributed by atoms with Gasteiger partial charge >= 0.3 is 0 Å².